The normalized spacial score (nSPS) is 19.0. The van der Waals surface area contributed by atoms with Gasteiger partial charge in [0.2, 0.25) is 5.88 Å². The van der Waals surface area contributed by atoms with Crippen LogP contribution >= 0.6 is 11.3 Å². The van der Waals surface area contributed by atoms with Crippen molar-refractivity contribution in [2.75, 3.05) is 5.32 Å². The van der Waals surface area contributed by atoms with Gasteiger partial charge in [0.25, 0.3) is 0 Å². The molecular formula is C22H21N5O2S. The summed E-state index contributed by atoms with van der Waals surface area (Å²) in [6, 6.07) is 9.62. The molecular weight excluding hydrogens is 398 g/mol. The van der Waals surface area contributed by atoms with Gasteiger partial charge in [-0.15, -0.1) is 0 Å². The highest BCUT2D eigenvalue weighted by molar-refractivity contribution is 7.22. The van der Waals surface area contributed by atoms with E-state index in [1.54, 1.807) is 36.1 Å². The van der Waals surface area contributed by atoms with E-state index in [1.807, 2.05) is 30.3 Å². The Morgan fingerprint density at radius 2 is 1.97 bits per heavy atom. The van der Waals surface area contributed by atoms with Gasteiger partial charge in [0.05, 0.1) is 40.5 Å². The number of aliphatic hydroxyl groups excluding tert-OH is 1. The Hall–Kier alpha value is -3.10. The van der Waals surface area contributed by atoms with Crippen molar-refractivity contribution in [2.45, 2.75) is 37.8 Å². The number of rotatable bonds is 5. The minimum absolute atomic E-state index is 0.0699. The zero-order chi connectivity index (χ0) is 20.3. The number of fused-ring (bicyclic) bond motifs is 1. The molecule has 1 aliphatic rings. The first-order chi connectivity index (χ1) is 14.7. The SMILES string of the molecule is O[C@@H]1CCCC[C@H]1Nc1nc2ccc(Oc3cncc(-c4cccnc4)n3)cc2s1. The molecule has 2 N–H and O–H groups in total. The van der Waals surface area contributed by atoms with Crippen molar-refractivity contribution in [1.82, 2.24) is 19.9 Å². The molecule has 0 unspecified atom stereocenters. The van der Waals surface area contributed by atoms with E-state index >= 15 is 0 Å². The Balaban J connectivity index is 1.34. The second-order valence-corrected chi connectivity index (χ2v) is 8.37. The average Bonchev–Trinajstić information content (AvgIpc) is 3.18. The summed E-state index contributed by atoms with van der Waals surface area (Å²) in [5, 5.41) is 14.4. The Kier molecular flexibility index (Phi) is 5.25. The number of aromatic nitrogens is 4. The molecule has 1 saturated carbocycles. The molecule has 3 aromatic heterocycles. The summed E-state index contributed by atoms with van der Waals surface area (Å²) in [5.74, 6) is 1.09. The quantitative estimate of drug-likeness (QED) is 0.486. The Labute approximate surface area is 177 Å². The molecule has 0 aliphatic heterocycles. The van der Waals surface area contributed by atoms with Crippen LogP contribution in [0.4, 0.5) is 5.13 Å². The number of hydrogen-bond acceptors (Lipinski definition) is 8. The Morgan fingerprint density at radius 1 is 1.03 bits per heavy atom. The molecule has 2 atom stereocenters. The van der Waals surface area contributed by atoms with Crippen LogP contribution in [0.25, 0.3) is 21.5 Å². The van der Waals surface area contributed by atoms with Crippen molar-refractivity contribution in [2.24, 2.45) is 0 Å². The minimum atomic E-state index is -0.310. The van der Waals surface area contributed by atoms with Crippen molar-refractivity contribution in [3.63, 3.8) is 0 Å². The van der Waals surface area contributed by atoms with Gasteiger partial charge in [0.15, 0.2) is 5.13 Å². The molecule has 0 saturated heterocycles. The summed E-state index contributed by atoms with van der Waals surface area (Å²) in [6.07, 6.45) is 10.5. The van der Waals surface area contributed by atoms with E-state index in [9.17, 15) is 5.11 Å². The van der Waals surface area contributed by atoms with Crippen LogP contribution in [0.15, 0.2) is 55.1 Å². The lowest BCUT2D eigenvalue weighted by atomic mass is 9.93. The van der Waals surface area contributed by atoms with Crippen LogP contribution < -0.4 is 10.1 Å². The minimum Gasteiger partial charge on any atom is -0.437 e. The average molecular weight is 420 g/mol. The first-order valence-electron chi connectivity index (χ1n) is 10.00. The summed E-state index contributed by atoms with van der Waals surface area (Å²) in [5.41, 5.74) is 2.49. The largest absolute Gasteiger partial charge is 0.437 e. The standard InChI is InChI=1S/C22H21N5O2S/c28-19-6-2-1-5-16(19)26-22-27-17-8-7-15(10-20(17)30-22)29-21-13-24-12-18(25-21)14-4-3-9-23-11-14/h3-4,7-13,16,19,28H,1-2,5-6H2,(H,26,27)/t16-,19-/m1/s1. The van der Waals surface area contributed by atoms with Crippen LogP contribution in [0.3, 0.4) is 0 Å². The molecule has 0 radical (unpaired) electrons. The Bertz CT molecular complexity index is 1150. The topological polar surface area (TPSA) is 93.0 Å². The van der Waals surface area contributed by atoms with Gasteiger partial charge in [0, 0.05) is 24.0 Å². The highest BCUT2D eigenvalue weighted by atomic mass is 32.1. The number of thiazole rings is 1. The van der Waals surface area contributed by atoms with Crippen LogP contribution in [0.1, 0.15) is 25.7 Å². The van der Waals surface area contributed by atoms with Crippen molar-refractivity contribution < 1.29 is 9.84 Å². The number of aliphatic hydroxyl groups is 1. The summed E-state index contributed by atoms with van der Waals surface area (Å²) in [7, 11) is 0. The highest BCUT2D eigenvalue weighted by Gasteiger charge is 2.23. The summed E-state index contributed by atoms with van der Waals surface area (Å²) in [4.78, 5) is 17.5. The molecule has 7 nitrogen and oxygen atoms in total. The van der Waals surface area contributed by atoms with Gasteiger partial charge < -0.3 is 15.2 Å². The van der Waals surface area contributed by atoms with E-state index in [0.29, 0.717) is 17.3 Å². The van der Waals surface area contributed by atoms with Gasteiger partial charge in [-0.25, -0.2) is 9.97 Å². The smallest absolute Gasteiger partial charge is 0.238 e. The molecule has 3 heterocycles. The fraction of sp³-hybridized carbons (Fsp3) is 0.273. The van der Waals surface area contributed by atoms with E-state index in [2.05, 4.69) is 25.3 Å². The highest BCUT2D eigenvalue weighted by Crippen LogP contribution is 2.32. The van der Waals surface area contributed by atoms with Crippen LogP contribution in [-0.2, 0) is 0 Å². The maximum atomic E-state index is 10.2. The van der Waals surface area contributed by atoms with E-state index in [4.69, 9.17) is 4.74 Å². The number of nitrogens with zero attached hydrogens (tertiary/aromatic N) is 4. The first kappa shape index (κ1) is 18.9. The van der Waals surface area contributed by atoms with E-state index < -0.39 is 0 Å². The number of ether oxygens (including phenoxy) is 1. The molecule has 0 spiro atoms. The zero-order valence-corrected chi connectivity index (χ0v) is 17.0. The van der Waals surface area contributed by atoms with E-state index in [1.165, 1.54) is 0 Å². The van der Waals surface area contributed by atoms with Crippen molar-refractivity contribution >= 4 is 26.7 Å². The molecule has 1 aromatic carbocycles. The van der Waals surface area contributed by atoms with E-state index in [0.717, 1.165) is 46.6 Å². The van der Waals surface area contributed by atoms with Gasteiger partial charge in [-0.1, -0.05) is 24.2 Å². The lowest BCUT2D eigenvalue weighted by molar-refractivity contribution is 0.116. The maximum absolute atomic E-state index is 10.2. The number of benzene rings is 1. The van der Waals surface area contributed by atoms with Gasteiger partial charge in [-0.05, 0) is 37.1 Å². The van der Waals surface area contributed by atoms with Crippen molar-refractivity contribution in [3.05, 3.63) is 55.1 Å². The van der Waals surface area contributed by atoms with Crippen LogP contribution in [0.5, 0.6) is 11.6 Å². The van der Waals surface area contributed by atoms with Crippen molar-refractivity contribution in [3.8, 4) is 22.9 Å². The maximum Gasteiger partial charge on any atom is 0.238 e. The molecule has 5 rings (SSSR count). The molecule has 4 aromatic rings. The van der Waals surface area contributed by atoms with Gasteiger partial charge >= 0.3 is 0 Å². The first-order valence-corrected chi connectivity index (χ1v) is 10.8. The van der Waals surface area contributed by atoms with Gasteiger partial charge in [0.1, 0.15) is 5.75 Å². The monoisotopic (exact) mass is 419 g/mol. The second kappa shape index (κ2) is 8.33. The molecule has 0 bridgehead atoms. The molecule has 30 heavy (non-hydrogen) atoms. The summed E-state index contributed by atoms with van der Waals surface area (Å²) in [6.45, 7) is 0. The van der Waals surface area contributed by atoms with Crippen molar-refractivity contribution in [1.29, 1.82) is 0 Å². The van der Waals surface area contributed by atoms with Crippen LogP contribution in [0, 0.1) is 0 Å². The molecule has 1 aliphatic carbocycles. The molecule has 1 fully saturated rings. The third-order valence-electron chi connectivity index (χ3n) is 5.19. The molecule has 8 heteroatoms. The van der Waals surface area contributed by atoms with E-state index in [-0.39, 0.29) is 12.1 Å². The predicted molar refractivity (Wildman–Crippen MR) is 117 cm³/mol. The number of pyridine rings is 1. The number of nitrogens with one attached hydrogen (secondary N) is 1. The van der Waals surface area contributed by atoms with Gasteiger partial charge in [-0.2, -0.15) is 0 Å². The predicted octanol–water partition coefficient (Wildman–Crippen LogP) is 4.66. The van der Waals surface area contributed by atoms with Crippen LogP contribution in [0.2, 0.25) is 0 Å². The second-order valence-electron chi connectivity index (χ2n) is 7.34. The number of hydrogen-bond donors (Lipinski definition) is 2. The fourth-order valence-electron chi connectivity index (χ4n) is 3.64. The summed E-state index contributed by atoms with van der Waals surface area (Å²) >= 11 is 1.56. The lowest BCUT2D eigenvalue weighted by Gasteiger charge is -2.27. The molecule has 152 valence electrons. The molecule has 0 amide bonds. The summed E-state index contributed by atoms with van der Waals surface area (Å²) < 4.78 is 6.96. The third-order valence-corrected chi connectivity index (χ3v) is 6.14. The third kappa shape index (κ3) is 4.10. The lowest BCUT2D eigenvalue weighted by Crippen LogP contribution is -2.36. The Morgan fingerprint density at radius 3 is 2.83 bits per heavy atom. The zero-order valence-electron chi connectivity index (χ0n) is 16.2. The van der Waals surface area contributed by atoms with Crippen LogP contribution in [-0.4, -0.2) is 37.2 Å². The van der Waals surface area contributed by atoms with Gasteiger partial charge in [-0.3, -0.25) is 9.97 Å². The fourth-order valence-corrected chi connectivity index (χ4v) is 4.60. The number of anilines is 1.